The number of aliphatic hydroxyl groups is 1. The number of nitro groups is 1. The Labute approximate surface area is 88.0 Å². The van der Waals surface area contributed by atoms with Crippen molar-refractivity contribution in [3.05, 3.63) is 51.7 Å². The highest BCUT2D eigenvalue weighted by Crippen LogP contribution is 2.11. The second kappa shape index (κ2) is 5.93. The molecule has 1 aromatic carbocycles. The third kappa shape index (κ3) is 3.91. The first-order chi connectivity index (χ1) is 7.24. The van der Waals surface area contributed by atoms with Crippen LogP contribution in [0, 0.1) is 10.1 Å². The van der Waals surface area contributed by atoms with E-state index >= 15 is 0 Å². The zero-order valence-corrected chi connectivity index (χ0v) is 8.30. The lowest BCUT2D eigenvalue weighted by Crippen LogP contribution is -1.99. The fourth-order valence-corrected chi connectivity index (χ4v) is 1.22. The second-order valence-electron chi connectivity index (χ2n) is 3.13. The molecule has 1 aromatic rings. The van der Waals surface area contributed by atoms with Crippen LogP contribution in [-0.2, 0) is 0 Å². The Kier molecular flexibility index (Phi) is 4.50. The summed E-state index contributed by atoms with van der Waals surface area (Å²) >= 11 is 0. The molecule has 0 unspecified atom stereocenters. The molecule has 0 aliphatic heterocycles. The lowest BCUT2D eigenvalue weighted by Gasteiger charge is -1.97. The molecule has 0 radical (unpaired) electrons. The number of nitrogens with zero attached hydrogens (tertiary/aromatic N) is 1. The molecule has 0 amide bonds. The van der Waals surface area contributed by atoms with Crippen molar-refractivity contribution < 1.29 is 10.0 Å². The van der Waals surface area contributed by atoms with Gasteiger partial charge in [0.05, 0.1) is 4.92 Å². The maximum absolute atomic E-state index is 10.7. The zero-order chi connectivity index (χ0) is 11.1. The summed E-state index contributed by atoms with van der Waals surface area (Å²) < 4.78 is 0. The SMILES string of the molecule is O=[N+]([O-])/C(=C/c1ccccc1)CCCO. The summed E-state index contributed by atoms with van der Waals surface area (Å²) in [7, 11) is 0. The van der Waals surface area contributed by atoms with E-state index in [1.807, 2.05) is 30.3 Å². The maximum atomic E-state index is 10.7. The van der Waals surface area contributed by atoms with Crippen LogP contribution in [0.25, 0.3) is 6.08 Å². The van der Waals surface area contributed by atoms with Crippen LogP contribution in [0.1, 0.15) is 18.4 Å². The van der Waals surface area contributed by atoms with E-state index in [1.54, 1.807) is 0 Å². The topological polar surface area (TPSA) is 63.4 Å². The van der Waals surface area contributed by atoms with E-state index in [2.05, 4.69) is 0 Å². The number of hydrogen-bond acceptors (Lipinski definition) is 3. The van der Waals surface area contributed by atoms with Crippen LogP contribution in [0.15, 0.2) is 36.0 Å². The van der Waals surface area contributed by atoms with E-state index in [0.717, 1.165) is 5.56 Å². The van der Waals surface area contributed by atoms with Gasteiger partial charge in [0.2, 0.25) is 5.70 Å². The summed E-state index contributed by atoms with van der Waals surface area (Å²) in [4.78, 5) is 10.3. The van der Waals surface area contributed by atoms with Crippen LogP contribution in [0.3, 0.4) is 0 Å². The third-order valence-corrected chi connectivity index (χ3v) is 1.96. The molecular formula is C11H13NO3. The van der Waals surface area contributed by atoms with Gasteiger partial charge in [0.1, 0.15) is 0 Å². The molecule has 0 saturated heterocycles. The van der Waals surface area contributed by atoms with Crippen molar-refractivity contribution in [1.29, 1.82) is 0 Å². The summed E-state index contributed by atoms with van der Waals surface area (Å²) in [5.74, 6) is 0. The Morgan fingerprint density at radius 1 is 1.40 bits per heavy atom. The minimum Gasteiger partial charge on any atom is -0.396 e. The van der Waals surface area contributed by atoms with Gasteiger partial charge >= 0.3 is 0 Å². The normalized spacial score (nSPS) is 11.4. The molecule has 0 aromatic heterocycles. The van der Waals surface area contributed by atoms with Crippen LogP contribution < -0.4 is 0 Å². The van der Waals surface area contributed by atoms with E-state index in [9.17, 15) is 10.1 Å². The van der Waals surface area contributed by atoms with Crippen molar-refractivity contribution in [3.8, 4) is 0 Å². The number of rotatable bonds is 5. The van der Waals surface area contributed by atoms with E-state index in [-0.39, 0.29) is 12.3 Å². The Morgan fingerprint density at radius 3 is 2.60 bits per heavy atom. The molecule has 0 atom stereocenters. The minimum absolute atomic E-state index is 0.0278. The molecule has 0 aliphatic carbocycles. The van der Waals surface area contributed by atoms with Crippen molar-refractivity contribution in [1.82, 2.24) is 0 Å². The molecule has 1 N–H and O–H groups in total. The highest BCUT2D eigenvalue weighted by Gasteiger charge is 2.09. The van der Waals surface area contributed by atoms with Crippen LogP contribution in [0.4, 0.5) is 0 Å². The van der Waals surface area contributed by atoms with Gasteiger partial charge in [0.15, 0.2) is 0 Å². The highest BCUT2D eigenvalue weighted by molar-refractivity contribution is 5.50. The van der Waals surface area contributed by atoms with Gasteiger partial charge in [0.25, 0.3) is 0 Å². The number of aliphatic hydroxyl groups excluding tert-OH is 1. The zero-order valence-electron chi connectivity index (χ0n) is 8.30. The van der Waals surface area contributed by atoms with Gasteiger partial charge in [0, 0.05) is 19.1 Å². The van der Waals surface area contributed by atoms with Crippen LogP contribution in [0.2, 0.25) is 0 Å². The minimum atomic E-state index is -0.400. The summed E-state index contributed by atoms with van der Waals surface area (Å²) in [6, 6.07) is 9.13. The number of benzene rings is 1. The molecule has 4 heteroatoms. The van der Waals surface area contributed by atoms with Crippen molar-refractivity contribution in [2.45, 2.75) is 12.8 Å². The van der Waals surface area contributed by atoms with Crippen molar-refractivity contribution in [3.63, 3.8) is 0 Å². The monoisotopic (exact) mass is 207 g/mol. The first-order valence-electron chi connectivity index (χ1n) is 4.75. The Bertz CT molecular complexity index is 346. The summed E-state index contributed by atoms with van der Waals surface area (Å²) in [6.45, 7) is -0.0278. The molecule has 15 heavy (non-hydrogen) atoms. The smallest absolute Gasteiger partial charge is 0.246 e. The van der Waals surface area contributed by atoms with Gasteiger partial charge in [-0.3, -0.25) is 10.1 Å². The standard InChI is InChI=1S/C11H13NO3/c13-8-4-7-11(12(14)15)9-10-5-2-1-3-6-10/h1-3,5-6,9,13H,4,7-8H2/b11-9+. The number of allylic oxidation sites excluding steroid dienone is 1. The quantitative estimate of drug-likeness (QED) is 0.593. The van der Waals surface area contributed by atoms with Crippen LogP contribution in [-0.4, -0.2) is 16.6 Å². The average molecular weight is 207 g/mol. The third-order valence-electron chi connectivity index (χ3n) is 1.96. The fraction of sp³-hybridized carbons (Fsp3) is 0.273. The first-order valence-corrected chi connectivity index (χ1v) is 4.75. The predicted molar refractivity (Wildman–Crippen MR) is 57.7 cm³/mol. The predicted octanol–water partition coefficient (Wildman–Crippen LogP) is 2.08. The molecule has 0 aliphatic rings. The van der Waals surface area contributed by atoms with Crippen molar-refractivity contribution in [2.75, 3.05) is 6.61 Å². The second-order valence-corrected chi connectivity index (χ2v) is 3.13. The van der Waals surface area contributed by atoms with Crippen LogP contribution >= 0.6 is 0 Å². The fourth-order valence-electron chi connectivity index (χ4n) is 1.22. The molecule has 0 fully saturated rings. The largest absolute Gasteiger partial charge is 0.396 e. The van der Waals surface area contributed by atoms with Crippen LogP contribution in [0.5, 0.6) is 0 Å². The molecule has 0 spiro atoms. The van der Waals surface area contributed by atoms with Crippen molar-refractivity contribution >= 4 is 6.08 Å². The summed E-state index contributed by atoms with van der Waals surface area (Å²) in [6.07, 6.45) is 2.24. The Morgan fingerprint density at radius 2 is 2.07 bits per heavy atom. The highest BCUT2D eigenvalue weighted by atomic mass is 16.6. The van der Waals surface area contributed by atoms with Gasteiger partial charge in [-0.15, -0.1) is 0 Å². The Hall–Kier alpha value is -1.68. The number of hydrogen-bond donors (Lipinski definition) is 1. The van der Waals surface area contributed by atoms with Gasteiger partial charge in [-0.1, -0.05) is 30.3 Å². The van der Waals surface area contributed by atoms with Gasteiger partial charge in [-0.05, 0) is 12.0 Å². The van der Waals surface area contributed by atoms with Gasteiger partial charge in [-0.2, -0.15) is 0 Å². The molecule has 80 valence electrons. The molecular weight excluding hydrogens is 194 g/mol. The van der Waals surface area contributed by atoms with Crippen molar-refractivity contribution in [2.24, 2.45) is 0 Å². The summed E-state index contributed by atoms with van der Waals surface area (Å²) in [5, 5.41) is 19.3. The molecule has 1 rings (SSSR count). The Balaban J connectivity index is 2.79. The van der Waals surface area contributed by atoms with Gasteiger partial charge < -0.3 is 5.11 Å². The maximum Gasteiger partial charge on any atom is 0.246 e. The molecule has 0 saturated carbocycles. The molecule has 0 bridgehead atoms. The first kappa shape index (κ1) is 11.4. The van der Waals surface area contributed by atoms with E-state index < -0.39 is 4.92 Å². The van der Waals surface area contributed by atoms with E-state index in [4.69, 9.17) is 5.11 Å². The summed E-state index contributed by atoms with van der Waals surface area (Å²) in [5.41, 5.74) is 0.942. The lowest BCUT2D eigenvalue weighted by atomic mass is 10.1. The van der Waals surface area contributed by atoms with Gasteiger partial charge in [-0.25, -0.2) is 0 Å². The molecule has 0 heterocycles. The van der Waals surface area contributed by atoms with E-state index in [1.165, 1.54) is 6.08 Å². The average Bonchev–Trinajstić information content (AvgIpc) is 2.25. The molecule has 4 nitrogen and oxygen atoms in total. The van der Waals surface area contributed by atoms with E-state index in [0.29, 0.717) is 12.8 Å². The lowest BCUT2D eigenvalue weighted by molar-refractivity contribution is -0.426.